The summed E-state index contributed by atoms with van der Waals surface area (Å²) < 4.78 is 9.82. The molecule has 0 spiro atoms. The number of carbonyl (C=O) groups excluding carboxylic acids is 2. The highest BCUT2D eigenvalue weighted by molar-refractivity contribution is 6.03. The van der Waals surface area contributed by atoms with Gasteiger partial charge in [-0.1, -0.05) is 6.07 Å². The Balaban J connectivity index is 1.70. The molecule has 0 saturated heterocycles. The minimum Gasteiger partial charge on any atom is -0.497 e. The second-order valence-corrected chi connectivity index (χ2v) is 5.65. The molecule has 0 aliphatic heterocycles. The summed E-state index contributed by atoms with van der Waals surface area (Å²) in [5, 5.41) is 5.75. The summed E-state index contributed by atoms with van der Waals surface area (Å²) in [6.07, 6.45) is 1.49. The second kappa shape index (κ2) is 8.63. The van der Waals surface area contributed by atoms with Crippen molar-refractivity contribution in [3.8, 4) is 5.75 Å². The van der Waals surface area contributed by atoms with E-state index >= 15 is 0 Å². The van der Waals surface area contributed by atoms with Crippen LogP contribution in [0.25, 0.3) is 0 Å². The van der Waals surface area contributed by atoms with Gasteiger partial charge in [-0.05, 0) is 42.5 Å². The van der Waals surface area contributed by atoms with E-state index in [0.717, 1.165) is 5.69 Å². The molecule has 8 heteroatoms. The lowest BCUT2D eigenvalue weighted by molar-refractivity contribution is 0.0600. The Morgan fingerprint density at radius 2 is 1.75 bits per heavy atom. The van der Waals surface area contributed by atoms with Crippen molar-refractivity contribution in [2.24, 2.45) is 0 Å². The van der Waals surface area contributed by atoms with Gasteiger partial charge in [0.2, 0.25) is 5.95 Å². The predicted octanol–water partition coefficient (Wildman–Crippen LogP) is 3.27. The average Bonchev–Trinajstić information content (AvgIpc) is 2.74. The Hall–Kier alpha value is -3.94. The van der Waals surface area contributed by atoms with Crippen molar-refractivity contribution in [1.29, 1.82) is 0 Å². The molecule has 0 unspecified atom stereocenters. The summed E-state index contributed by atoms with van der Waals surface area (Å²) in [7, 11) is 2.89. The van der Waals surface area contributed by atoms with Gasteiger partial charge in [0.15, 0.2) is 0 Å². The molecule has 0 bridgehead atoms. The van der Waals surface area contributed by atoms with Crippen LogP contribution >= 0.6 is 0 Å². The van der Waals surface area contributed by atoms with E-state index in [4.69, 9.17) is 4.74 Å². The number of benzene rings is 2. The molecule has 28 heavy (non-hydrogen) atoms. The SMILES string of the molecule is COC(=O)c1ccc(NC(=O)c2ccnc(Nc3cccc(OC)c3)n2)cc1. The Kier molecular flexibility index (Phi) is 5.81. The highest BCUT2D eigenvalue weighted by atomic mass is 16.5. The quantitative estimate of drug-likeness (QED) is 0.635. The Bertz CT molecular complexity index is 990. The van der Waals surface area contributed by atoms with E-state index in [9.17, 15) is 9.59 Å². The second-order valence-electron chi connectivity index (χ2n) is 5.65. The number of methoxy groups -OCH3 is 2. The number of hydrogen-bond acceptors (Lipinski definition) is 7. The number of aromatic nitrogens is 2. The van der Waals surface area contributed by atoms with Crippen LogP contribution in [0, 0.1) is 0 Å². The molecule has 2 aromatic carbocycles. The van der Waals surface area contributed by atoms with E-state index in [1.807, 2.05) is 18.2 Å². The number of ether oxygens (including phenoxy) is 2. The van der Waals surface area contributed by atoms with E-state index in [2.05, 4.69) is 25.3 Å². The van der Waals surface area contributed by atoms with Gasteiger partial charge < -0.3 is 20.1 Å². The van der Waals surface area contributed by atoms with E-state index < -0.39 is 11.9 Å². The van der Waals surface area contributed by atoms with Crippen molar-refractivity contribution in [2.75, 3.05) is 24.9 Å². The lowest BCUT2D eigenvalue weighted by atomic mass is 10.2. The van der Waals surface area contributed by atoms with Crippen LogP contribution in [0.4, 0.5) is 17.3 Å². The Labute approximate surface area is 161 Å². The zero-order valence-corrected chi connectivity index (χ0v) is 15.3. The monoisotopic (exact) mass is 378 g/mol. The van der Waals surface area contributed by atoms with Crippen molar-refractivity contribution in [2.45, 2.75) is 0 Å². The van der Waals surface area contributed by atoms with Crippen LogP contribution in [0.5, 0.6) is 5.75 Å². The Morgan fingerprint density at radius 3 is 2.46 bits per heavy atom. The smallest absolute Gasteiger partial charge is 0.337 e. The van der Waals surface area contributed by atoms with Crippen LogP contribution < -0.4 is 15.4 Å². The molecule has 1 heterocycles. The van der Waals surface area contributed by atoms with Gasteiger partial charge in [0.05, 0.1) is 19.8 Å². The maximum absolute atomic E-state index is 12.5. The van der Waals surface area contributed by atoms with Gasteiger partial charge in [-0.3, -0.25) is 4.79 Å². The minimum absolute atomic E-state index is 0.192. The largest absolute Gasteiger partial charge is 0.497 e. The van der Waals surface area contributed by atoms with Gasteiger partial charge in [0, 0.05) is 23.6 Å². The number of rotatable bonds is 6. The van der Waals surface area contributed by atoms with Gasteiger partial charge in [-0.25, -0.2) is 14.8 Å². The van der Waals surface area contributed by atoms with Gasteiger partial charge in [-0.15, -0.1) is 0 Å². The fourth-order valence-electron chi connectivity index (χ4n) is 2.38. The first-order valence-corrected chi connectivity index (χ1v) is 8.33. The van der Waals surface area contributed by atoms with Gasteiger partial charge in [0.1, 0.15) is 11.4 Å². The molecule has 0 aliphatic carbocycles. The highest BCUT2D eigenvalue weighted by Crippen LogP contribution is 2.19. The van der Waals surface area contributed by atoms with E-state index in [1.54, 1.807) is 37.4 Å². The molecule has 0 saturated carbocycles. The topological polar surface area (TPSA) is 102 Å². The van der Waals surface area contributed by atoms with Crippen LogP contribution in [-0.4, -0.2) is 36.1 Å². The number of nitrogens with one attached hydrogen (secondary N) is 2. The number of carbonyl (C=O) groups is 2. The highest BCUT2D eigenvalue weighted by Gasteiger charge is 2.11. The molecule has 0 atom stereocenters. The molecule has 0 radical (unpaired) electrons. The number of anilines is 3. The van der Waals surface area contributed by atoms with Crippen molar-refractivity contribution in [1.82, 2.24) is 9.97 Å². The normalized spacial score (nSPS) is 10.1. The summed E-state index contributed by atoms with van der Waals surface area (Å²) in [5.74, 6) is 0.125. The lowest BCUT2D eigenvalue weighted by Crippen LogP contribution is -2.15. The molecule has 2 N–H and O–H groups in total. The molecular weight excluding hydrogens is 360 g/mol. The summed E-state index contributed by atoms with van der Waals surface area (Å²) in [4.78, 5) is 32.3. The van der Waals surface area contributed by atoms with Crippen molar-refractivity contribution in [3.63, 3.8) is 0 Å². The number of hydrogen-bond donors (Lipinski definition) is 2. The third-order valence-corrected chi connectivity index (χ3v) is 3.78. The van der Waals surface area contributed by atoms with Crippen LogP contribution in [0.3, 0.4) is 0 Å². The molecule has 142 valence electrons. The number of nitrogens with zero attached hydrogens (tertiary/aromatic N) is 2. The summed E-state index contributed by atoms with van der Waals surface area (Å²) >= 11 is 0. The third-order valence-electron chi connectivity index (χ3n) is 3.78. The maximum atomic E-state index is 12.5. The van der Waals surface area contributed by atoms with Gasteiger partial charge >= 0.3 is 5.97 Å². The fourth-order valence-corrected chi connectivity index (χ4v) is 2.38. The average molecular weight is 378 g/mol. The lowest BCUT2D eigenvalue weighted by Gasteiger charge is -2.09. The first kappa shape index (κ1) is 18.8. The molecule has 8 nitrogen and oxygen atoms in total. The first-order valence-electron chi connectivity index (χ1n) is 8.33. The maximum Gasteiger partial charge on any atom is 0.337 e. The standard InChI is InChI=1S/C20H18N4O4/c1-27-16-5-3-4-15(12-16)23-20-21-11-10-17(24-20)18(25)22-14-8-6-13(7-9-14)19(26)28-2/h3-12H,1-2H3,(H,22,25)(H,21,23,24). The fraction of sp³-hybridized carbons (Fsp3) is 0.100. The van der Waals surface area contributed by atoms with Crippen molar-refractivity contribution < 1.29 is 19.1 Å². The molecule has 0 aliphatic rings. The zero-order valence-electron chi connectivity index (χ0n) is 15.3. The third kappa shape index (κ3) is 4.61. The van der Waals surface area contributed by atoms with Crippen LogP contribution in [-0.2, 0) is 4.74 Å². The molecule has 3 rings (SSSR count). The first-order chi connectivity index (χ1) is 13.6. The zero-order chi connectivity index (χ0) is 19.9. The molecular formula is C20H18N4O4. The number of esters is 1. The number of amides is 1. The van der Waals surface area contributed by atoms with Crippen molar-refractivity contribution >= 4 is 29.2 Å². The Morgan fingerprint density at radius 1 is 0.964 bits per heavy atom. The molecule has 1 aromatic heterocycles. The van der Waals surface area contributed by atoms with Gasteiger partial charge in [-0.2, -0.15) is 0 Å². The minimum atomic E-state index is -0.443. The van der Waals surface area contributed by atoms with Crippen molar-refractivity contribution in [3.05, 3.63) is 72.1 Å². The summed E-state index contributed by atoms with van der Waals surface area (Å²) in [5.41, 5.74) is 1.85. The van der Waals surface area contributed by atoms with Gasteiger partial charge in [0.25, 0.3) is 5.91 Å². The van der Waals surface area contributed by atoms with E-state index in [1.165, 1.54) is 19.4 Å². The van der Waals surface area contributed by atoms with Crippen LogP contribution in [0.2, 0.25) is 0 Å². The summed E-state index contributed by atoms with van der Waals surface area (Å²) in [6.45, 7) is 0. The molecule has 0 fully saturated rings. The molecule has 1 amide bonds. The predicted molar refractivity (Wildman–Crippen MR) is 104 cm³/mol. The summed E-state index contributed by atoms with van der Waals surface area (Å²) in [6, 6.07) is 15.1. The van der Waals surface area contributed by atoms with Crippen LogP contribution in [0.1, 0.15) is 20.8 Å². The van der Waals surface area contributed by atoms with E-state index in [0.29, 0.717) is 17.0 Å². The van der Waals surface area contributed by atoms with E-state index in [-0.39, 0.29) is 11.6 Å². The van der Waals surface area contributed by atoms with Crippen LogP contribution in [0.15, 0.2) is 60.8 Å². The molecule has 3 aromatic rings.